The van der Waals surface area contributed by atoms with Gasteiger partial charge < -0.3 is 10.1 Å². The highest BCUT2D eigenvalue weighted by atomic mass is 32.2. The molecule has 160 valence electrons. The van der Waals surface area contributed by atoms with Gasteiger partial charge in [0.25, 0.3) is 5.91 Å². The molecule has 0 saturated heterocycles. The highest BCUT2D eigenvalue weighted by molar-refractivity contribution is 7.89. The van der Waals surface area contributed by atoms with Gasteiger partial charge in [-0.2, -0.15) is 4.72 Å². The van der Waals surface area contributed by atoms with Gasteiger partial charge in [0.2, 0.25) is 10.0 Å². The van der Waals surface area contributed by atoms with Crippen molar-refractivity contribution in [1.29, 1.82) is 0 Å². The third-order valence-corrected chi connectivity index (χ3v) is 6.43. The molecule has 1 aliphatic rings. The van der Waals surface area contributed by atoms with E-state index in [1.807, 2.05) is 0 Å². The molecule has 1 aromatic rings. The Morgan fingerprint density at radius 2 is 1.62 bits per heavy atom. The maximum atomic E-state index is 12.4. The molecule has 1 fully saturated rings. The highest BCUT2D eigenvalue weighted by Crippen LogP contribution is 2.17. The summed E-state index contributed by atoms with van der Waals surface area (Å²) in [6, 6.07) is 4.29. The molecule has 2 N–H and O–H groups in total. The first-order valence-electron chi connectivity index (χ1n) is 9.74. The topological polar surface area (TPSA) is 119 Å². The van der Waals surface area contributed by atoms with Crippen molar-refractivity contribution in [3.63, 3.8) is 0 Å². The molecule has 0 aromatic heterocycles. The number of ketones is 1. The first-order chi connectivity index (χ1) is 13.6. The van der Waals surface area contributed by atoms with E-state index in [-0.39, 0.29) is 22.6 Å². The van der Waals surface area contributed by atoms with E-state index >= 15 is 0 Å². The Bertz CT molecular complexity index is 844. The summed E-state index contributed by atoms with van der Waals surface area (Å²) < 4.78 is 32.2. The largest absolute Gasteiger partial charge is 0.451 e. The molecule has 8 nitrogen and oxygen atoms in total. The summed E-state index contributed by atoms with van der Waals surface area (Å²) in [5.41, 5.74) is 0.384. The number of Topliss-reactive ketones (excluding diaryl/α,β-unsaturated/α-hetero) is 1. The molecule has 2 atom stereocenters. The van der Waals surface area contributed by atoms with Gasteiger partial charge in [0.05, 0.1) is 4.90 Å². The second-order valence-electron chi connectivity index (χ2n) is 7.35. The molecule has 0 unspecified atom stereocenters. The molecule has 1 saturated carbocycles. The monoisotopic (exact) mass is 424 g/mol. The van der Waals surface area contributed by atoms with Crippen LogP contribution >= 0.6 is 0 Å². The van der Waals surface area contributed by atoms with Crippen molar-refractivity contribution < 1.29 is 27.5 Å². The molecule has 1 amide bonds. The van der Waals surface area contributed by atoms with Gasteiger partial charge in [-0.1, -0.05) is 31.4 Å². The summed E-state index contributed by atoms with van der Waals surface area (Å²) in [5.74, 6) is -1.42. The van der Waals surface area contributed by atoms with Crippen LogP contribution in [0.4, 0.5) is 0 Å². The minimum Gasteiger partial charge on any atom is -0.451 e. The number of benzene rings is 1. The van der Waals surface area contributed by atoms with Crippen molar-refractivity contribution in [3.8, 4) is 0 Å². The Balaban J connectivity index is 1.91. The smallest absolute Gasteiger partial charge is 0.324 e. The van der Waals surface area contributed by atoms with Gasteiger partial charge in [-0.3, -0.25) is 14.4 Å². The Hall–Kier alpha value is -2.26. The highest BCUT2D eigenvalue weighted by Gasteiger charge is 2.27. The lowest BCUT2D eigenvalue weighted by atomic mass is 9.95. The lowest BCUT2D eigenvalue weighted by Crippen LogP contribution is -2.46. The maximum absolute atomic E-state index is 12.4. The standard InChI is InChI=1S/C20H28N2O6S/c1-13(22-29(26,27)18-11-9-16(10-12-18)14(2)23)20(25)28-15(3)19(24)21-17-7-5-4-6-8-17/h9-13,15,17,22H,4-8H2,1-3H3,(H,21,24)/t13-,15+/m0/s1. The fourth-order valence-electron chi connectivity index (χ4n) is 3.11. The summed E-state index contributed by atoms with van der Waals surface area (Å²) in [7, 11) is -3.99. The molecule has 1 aliphatic carbocycles. The molecule has 0 spiro atoms. The minimum absolute atomic E-state index is 0.0785. The fraction of sp³-hybridized carbons (Fsp3) is 0.550. The number of nitrogens with one attached hydrogen (secondary N) is 2. The van der Waals surface area contributed by atoms with E-state index in [9.17, 15) is 22.8 Å². The van der Waals surface area contributed by atoms with Crippen molar-refractivity contribution in [2.45, 2.75) is 76.0 Å². The van der Waals surface area contributed by atoms with Gasteiger partial charge >= 0.3 is 5.97 Å². The lowest BCUT2D eigenvalue weighted by molar-refractivity contribution is -0.156. The summed E-state index contributed by atoms with van der Waals surface area (Å²) in [4.78, 5) is 35.7. The number of carbonyl (C=O) groups is 3. The van der Waals surface area contributed by atoms with Crippen LogP contribution in [0.3, 0.4) is 0 Å². The number of rotatable bonds is 8. The molecule has 0 radical (unpaired) electrons. The average Bonchev–Trinajstić information content (AvgIpc) is 2.68. The SMILES string of the molecule is CC(=O)c1ccc(S(=O)(=O)N[C@@H](C)C(=O)O[C@H](C)C(=O)NC2CCCCC2)cc1. The van der Waals surface area contributed by atoms with Gasteiger partial charge in [0.1, 0.15) is 6.04 Å². The van der Waals surface area contributed by atoms with Gasteiger partial charge in [0.15, 0.2) is 11.9 Å². The molecule has 29 heavy (non-hydrogen) atoms. The van der Waals surface area contributed by atoms with Crippen molar-refractivity contribution in [1.82, 2.24) is 10.0 Å². The Morgan fingerprint density at radius 1 is 1.03 bits per heavy atom. The quantitative estimate of drug-likeness (QED) is 0.486. The van der Waals surface area contributed by atoms with Crippen LogP contribution in [-0.4, -0.2) is 44.3 Å². The summed E-state index contributed by atoms with van der Waals surface area (Å²) in [6.07, 6.45) is 4.07. The molecule has 0 heterocycles. The van der Waals surface area contributed by atoms with E-state index in [1.54, 1.807) is 0 Å². The number of ether oxygens (including phenoxy) is 1. The summed E-state index contributed by atoms with van der Waals surface area (Å²) in [6.45, 7) is 4.18. The zero-order valence-corrected chi connectivity index (χ0v) is 17.8. The minimum atomic E-state index is -3.99. The van der Waals surface area contributed by atoms with E-state index in [0.717, 1.165) is 32.1 Å². The Morgan fingerprint density at radius 3 is 2.17 bits per heavy atom. The molecular formula is C20H28N2O6S. The van der Waals surface area contributed by atoms with Crippen LogP contribution in [0.15, 0.2) is 29.2 Å². The zero-order valence-electron chi connectivity index (χ0n) is 16.9. The third kappa shape index (κ3) is 6.64. The predicted octanol–water partition coefficient (Wildman–Crippen LogP) is 1.94. The van der Waals surface area contributed by atoms with Crippen molar-refractivity contribution >= 4 is 27.7 Å². The summed E-state index contributed by atoms with van der Waals surface area (Å²) in [5, 5.41) is 2.87. The van der Waals surface area contributed by atoms with Crippen LogP contribution in [0.5, 0.6) is 0 Å². The molecule has 1 aromatic carbocycles. The molecule has 0 aliphatic heterocycles. The zero-order chi connectivity index (χ0) is 21.6. The van der Waals surface area contributed by atoms with E-state index < -0.39 is 28.1 Å². The molecule has 0 bridgehead atoms. The van der Waals surface area contributed by atoms with E-state index in [0.29, 0.717) is 5.56 Å². The Kier molecular flexibility index (Phi) is 7.92. The number of sulfonamides is 1. The van der Waals surface area contributed by atoms with Crippen LogP contribution in [0.2, 0.25) is 0 Å². The number of esters is 1. The lowest BCUT2D eigenvalue weighted by Gasteiger charge is -2.24. The predicted molar refractivity (Wildman–Crippen MR) is 107 cm³/mol. The maximum Gasteiger partial charge on any atom is 0.324 e. The van der Waals surface area contributed by atoms with Crippen LogP contribution in [0.1, 0.15) is 63.2 Å². The van der Waals surface area contributed by atoms with Gasteiger partial charge in [-0.05, 0) is 45.7 Å². The summed E-state index contributed by atoms with van der Waals surface area (Å²) >= 11 is 0. The molecule has 2 rings (SSSR count). The van der Waals surface area contributed by atoms with Crippen LogP contribution in [0, 0.1) is 0 Å². The normalized spacial score (nSPS) is 17.2. The number of hydrogen-bond acceptors (Lipinski definition) is 6. The van der Waals surface area contributed by atoms with E-state index in [4.69, 9.17) is 4.74 Å². The van der Waals surface area contributed by atoms with Crippen molar-refractivity contribution in [2.75, 3.05) is 0 Å². The number of amides is 1. The molecule has 9 heteroatoms. The van der Waals surface area contributed by atoms with Crippen LogP contribution in [-0.2, 0) is 24.3 Å². The third-order valence-electron chi connectivity index (χ3n) is 4.87. The first kappa shape index (κ1) is 23.0. The van der Waals surface area contributed by atoms with Gasteiger partial charge in [-0.15, -0.1) is 0 Å². The van der Waals surface area contributed by atoms with Gasteiger partial charge in [0, 0.05) is 11.6 Å². The number of hydrogen-bond donors (Lipinski definition) is 2. The second kappa shape index (κ2) is 9.98. The molecular weight excluding hydrogens is 396 g/mol. The van der Waals surface area contributed by atoms with Crippen molar-refractivity contribution in [2.24, 2.45) is 0 Å². The second-order valence-corrected chi connectivity index (χ2v) is 9.06. The van der Waals surface area contributed by atoms with Crippen LogP contribution < -0.4 is 10.0 Å². The average molecular weight is 425 g/mol. The van der Waals surface area contributed by atoms with Crippen LogP contribution in [0.25, 0.3) is 0 Å². The fourth-order valence-corrected chi connectivity index (χ4v) is 4.31. The Labute approximate surface area is 171 Å². The van der Waals surface area contributed by atoms with E-state index in [1.165, 1.54) is 45.0 Å². The number of carbonyl (C=O) groups excluding carboxylic acids is 3. The van der Waals surface area contributed by atoms with E-state index in [2.05, 4.69) is 10.0 Å². The van der Waals surface area contributed by atoms with Crippen molar-refractivity contribution in [3.05, 3.63) is 29.8 Å². The first-order valence-corrected chi connectivity index (χ1v) is 11.2. The van der Waals surface area contributed by atoms with Gasteiger partial charge in [-0.25, -0.2) is 8.42 Å².